The number of nitro groups is 1. The fourth-order valence-electron chi connectivity index (χ4n) is 1.97. The molecule has 0 aromatic heterocycles. The Hall–Kier alpha value is -2.64. The van der Waals surface area contributed by atoms with Crippen LogP contribution in [0.25, 0.3) is 0 Å². The number of benzene rings is 2. The number of esters is 1. The number of nitrogens with zero attached hydrogens (tertiary/aromatic N) is 1. The molecular formula is C16H12Cl2N2O5. The van der Waals surface area contributed by atoms with Gasteiger partial charge in [-0.05, 0) is 31.2 Å². The Balaban J connectivity index is 2.24. The summed E-state index contributed by atoms with van der Waals surface area (Å²) in [5.74, 6) is -1.22. The Morgan fingerprint density at radius 1 is 1.12 bits per heavy atom. The van der Waals surface area contributed by atoms with Gasteiger partial charge in [-0.1, -0.05) is 23.2 Å². The minimum atomic E-state index is -0.645. The maximum atomic E-state index is 12.3. The van der Waals surface area contributed by atoms with Crippen molar-refractivity contribution in [2.75, 3.05) is 11.9 Å². The lowest BCUT2D eigenvalue weighted by molar-refractivity contribution is -0.384. The molecule has 0 heterocycles. The zero-order chi connectivity index (χ0) is 18.6. The second-order valence-electron chi connectivity index (χ2n) is 4.79. The summed E-state index contributed by atoms with van der Waals surface area (Å²) in [6, 6.07) is 7.78. The van der Waals surface area contributed by atoms with E-state index >= 15 is 0 Å². The molecule has 0 atom stereocenters. The fraction of sp³-hybridized carbons (Fsp3) is 0.125. The second-order valence-corrected chi connectivity index (χ2v) is 5.60. The number of nitro benzene ring substituents is 1. The Morgan fingerprint density at radius 2 is 1.84 bits per heavy atom. The van der Waals surface area contributed by atoms with Crippen LogP contribution in [0.1, 0.15) is 27.6 Å². The van der Waals surface area contributed by atoms with Gasteiger partial charge in [0.05, 0.1) is 32.7 Å². The number of amides is 1. The molecule has 2 rings (SSSR count). The topological polar surface area (TPSA) is 98.5 Å². The molecule has 0 aliphatic heterocycles. The van der Waals surface area contributed by atoms with Crippen LogP contribution in [0.3, 0.4) is 0 Å². The summed E-state index contributed by atoms with van der Waals surface area (Å²) in [5.41, 5.74) is 0.146. The Kier molecular flexibility index (Phi) is 5.95. The molecule has 9 heteroatoms. The minimum Gasteiger partial charge on any atom is -0.462 e. The predicted molar refractivity (Wildman–Crippen MR) is 93.5 cm³/mol. The lowest BCUT2D eigenvalue weighted by atomic mass is 10.1. The molecule has 0 spiro atoms. The van der Waals surface area contributed by atoms with E-state index in [1.165, 1.54) is 30.3 Å². The number of carbonyl (C=O) groups is 2. The van der Waals surface area contributed by atoms with Gasteiger partial charge in [0.25, 0.3) is 11.6 Å². The summed E-state index contributed by atoms with van der Waals surface area (Å²) >= 11 is 11.9. The van der Waals surface area contributed by atoms with Crippen molar-refractivity contribution in [2.24, 2.45) is 0 Å². The van der Waals surface area contributed by atoms with Gasteiger partial charge in [-0.2, -0.15) is 0 Å². The Bertz CT molecular complexity index is 854. The van der Waals surface area contributed by atoms with Gasteiger partial charge < -0.3 is 10.1 Å². The number of halogens is 2. The molecule has 0 radical (unpaired) electrons. The van der Waals surface area contributed by atoms with Gasteiger partial charge in [0.2, 0.25) is 0 Å². The van der Waals surface area contributed by atoms with Crippen LogP contribution in [0.4, 0.5) is 11.4 Å². The van der Waals surface area contributed by atoms with Crippen LogP contribution in [-0.2, 0) is 4.74 Å². The lowest BCUT2D eigenvalue weighted by Gasteiger charge is -2.09. The monoisotopic (exact) mass is 382 g/mol. The highest BCUT2D eigenvalue weighted by Gasteiger charge is 2.17. The van der Waals surface area contributed by atoms with Crippen molar-refractivity contribution in [3.8, 4) is 0 Å². The van der Waals surface area contributed by atoms with Crippen molar-refractivity contribution in [3.63, 3.8) is 0 Å². The number of nitrogens with one attached hydrogen (secondary N) is 1. The number of hydrogen-bond donors (Lipinski definition) is 1. The van der Waals surface area contributed by atoms with Gasteiger partial charge >= 0.3 is 5.97 Å². The Labute approximate surface area is 152 Å². The minimum absolute atomic E-state index is 0.0542. The van der Waals surface area contributed by atoms with Gasteiger partial charge in [0.15, 0.2) is 0 Å². The van der Waals surface area contributed by atoms with E-state index in [9.17, 15) is 19.7 Å². The normalized spacial score (nSPS) is 10.2. The number of rotatable bonds is 5. The third-order valence-corrected chi connectivity index (χ3v) is 3.77. The molecule has 7 nitrogen and oxygen atoms in total. The SMILES string of the molecule is CCOC(=O)c1ccc(NC(=O)c2cc([N+](=O)[O-])ccc2Cl)cc1Cl. The maximum Gasteiger partial charge on any atom is 0.339 e. The van der Waals surface area contributed by atoms with E-state index in [4.69, 9.17) is 27.9 Å². The van der Waals surface area contributed by atoms with Gasteiger partial charge in [0.1, 0.15) is 0 Å². The van der Waals surface area contributed by atoms with Crippen molar-refractivity contribution >= 4 is 46.5 Å². The summed E-state index contributed by atoms with van der Waals surface area (Å²) < 4.78 is 4.86. The maximum absolute atomic E-state index is 12.3. The smallest absolute Gasteiger partial charge is 0.339 e. The van der Waals surface area contributed by atoms with Crippen LogP contribution >= 0.6 is 23.2 Å². The van der Waals surface area contributed by atoms with Crippen molar-refractivity contribution < 1.29 is 19.2 Å². The highest BCUT2D eigenvalue weighted by atomic mass is 35.5. The quantitative estimate of drug-likeness (QED) is 0.471. The lowest BCUT2D eigenvalue weighted by Crippen LogP contribution is -2.13. The van der Waals surface area contributed by atoms with Crippen molar-refractivity contribution in [1.82, 2.24) is 0 Å². The molecule has 25 heavy (non-hydrogen) atoms. The molecule has 1 amide bonds. The van der Waals surface area contributed by atoms with Crippen LogP contribution in [0.15, 0.2) is 36.4 Å². The van der Waals surface area contributed by atoms with Crippen LogP contribution in [-0.4, -0.2) is 23.4 Å². The van der Waals surface area contributed by atoms with Crippen molar-refractivity contribution in [3.05, 3.63) is 67.7 Å². The zero-order valence-corrected chi connectivity index (χ0v) is 14.4. The van der Waals surface area contributed by atoms with E-state index in [2.05, 4.69) is 5.32 Å². The van der Waals surface area contributed by atoms with Crippen molar-refractivity contribution in [2.45, 2.75) is 6.92 Å². The van der Waals surface area contributed by atoms with E-state index in [-0.39, 0.29) is 33.5 Å². The molecule has 130 valence electrons. The van der Waals surface area contributed by atoms with Crippen LogP contribution in [0.2, 0.25) is 10.0 Å². The van der Waals surface area contributed by atoms with Gasteiger partial charge in [-0.25, -0.2) is 4.79 Å². The van der Waals surface area contributed by atoms with E-state index in [1.807, 2.05) is 0 Å². The van der Waals surface area contributed by atoms with E-state index in [1.54, 1.807) is 6.92 Å². The standard InChI is InChI=1S/C16H12Cl2N2O5/c1-2-25-16(22)11-5-3-9(7-14(11)18)19-15(21)12-8-10(20(23)24)4-6-13(12)17/h3-8H,2H2,1H3,(H,19,21). The first-order valence-electron chi connectivity index (χ1n) is 7.05. The molecule has 0 saturated carbocycles. The van der Waals surface area contributed by atoms with Crippen molar-refractivity contribution in [1.29, 1.82) is 0 Å². The molecule has 0 unspecified atom stereocenters. The largest absolute Gasteiger partial charge is 0.462 e. The van der Waals surface area contributed by atoms with Crippen LogP contribution in [0, 0.1) is 10.1 Å². The highest BCUT2D eigenvalue weighted by Crippen LogP contribution is 2.25. The summed E-state index contributed by atoms with van der Waals surface area (Å²) in [4.78, 5) is 34.2. The average molecular weight is 383 g/mol. The van der Waals surface area contributed by atoms with Gasteiger partial charge in [-0.15, -0.1) is 0 Å². The van der Waals surface area contributed by atoms with E-state index in [0.29, 0.717) is 5.69 Å². The van der Waals surface area contributed by atoms with Gasteiger partial charge in [0, 0.05) is 17.8 Å². The third-order valence-electron chi connectivity index (χ3n) is 3.13. The summed E-state index contributed by atoms with van der Waals surface area (Å²) in [6.07, 6.45) is 0. The molecule has 0 aliphatic carbocycles. The predicted octanol–water partition coefficient (Wildman–Crippen LogP) is 4.33. The number of ether oxygens (including phenoxy) is 1. The molecule has 2 aromatic carbocycles. The van der Waals surface area contributed by atoms with Crippen LogP contribution in [0.5, 0.6) is 0 Å². The number of anilines is 1. The molecule has 2 aromatic rings. The molecule has 0 bridgehead atoms. The summed E-state index contributed by atoms with van der Waals surface area (Å²) in [6.45, 7) is 1.88. The average Bonchev–Trinajstić information content (AvgIpc) is 2.55. The molecular weight excluding hydrogens is 371 g/mol. The fourth-order valence-corrected chi connectivity index (χ4v) is 2.43. The molecule has 0 saturated heterocycles. The highest BCUT2D eigenvalue weighted by molar-refractivity contribution is 6.35. The number of carbonyl (C=O) groups excluding carboxylic acids is 2. The molecule has 0 aliphatic rings. The first-order valence-corrected chi connectivity index (χ1v) is 7.81. The first-order chi connectivity index (χ1) is 11.8. The Morgan fingerprint density at radius 3 is 2.44 bits per heavy atom. The molecule has 0 fully saturated rings. The zero-order valence-electron chi connectivity index (χ0n) is 12.9. The summed E-state index contributed by atoms with van der Waals surface area (Å²) in [5, 5.41) is 13.5. The number of non-ortho nitro benzene ring substituents is 1. The molecule has 1 N–H and O–H groups in total. The third kappa shape index (κ3) is 4.46. The summed E-state index contributed by atoms with van der Waals surface area (Å²) in [7, 11) is 0. The second kappa shape index (κ2) is 7.96. The first kappa shape index (κ1) is 18.7. The van der Waals surface area contributed by atoms with E-state index in [0.717, 1.165) is 6.07 Å². The number of hydrogen-bond acceptors (Lipinski definition) is 5. The van der Waals surface area contributed by atoms with Crippen LogP contribution < -0.4 is 5.32 Å². The van der Waals surface area contributed by atoms with E-state index < -0.39 is 16.8 Å². The van der Waals surface area contributed by atoms with Gasteiger partial charge in [-0.3, -0.25) is 14.9 Å².